The summed E-state index contributed by atoms with van der Waals surface area (Å²) in [6.07, 6.45) is 19.0. The van der Waals surface area contributed by atoms with E-state index in [1.165, 1.54) is 64.2 Å². The molecule has 2 aliphatic rings. The molecule has 0 heterocycles. The molecule has 0 unspecified atom stereocenters. The third-order valence-corrected chi connectivity index (χ3v) is 3.96. The highest BCUT2D eigenvalue weighted by atomic mass is 14.2. The lowest BCUT2D eigenvalue weighted by Gasteiger charge is -2.18. The highest BCUT2D eigenvalue weighted by Crippen LogP contribution is 2.26. The monoisotopic (exact) mass is 204 g/mol. The van der Waals surface area contributed by atoms with Gasteiger partial charge >= 0.3 is 0 Å². The normalized spacial score (nSPS) is 24.5. The summed E-state index contributed by atoms with van der Waals surface area (Å²) in [5, 5.41) is 0. The van der Waals surface area contributed by atoms with Crippen LogP contribution in [0.1, 0.15) is 64.2 Å². The molecule has 2 fully saturated rings. The van der Waals surface area contributed by atoms with Crippen LogP contribution in [0, 0.1) is 11.8 Å². The second-order valence-corrected chi connectivity index (χ2v) is 5.30. The van der Waals surface area contributed by atoms with E-state index in [-0.39, 0.29) is 0 Å². The Morgan fingerprint density at radius 2 is 1.00 bits per heavy atom. The third kappa shape index (κ3) is 3.87. The van der Waals surface area contributed by atoms with E-state index in [4.69, 9.17) is 0 Å². The quantitative estimate of drug-likeness (QED) is 0.564. The van der Waals surface area contributed by atoms with Crippen molar-refractivity contribution in [1.82, 2.24) is 0 Å². The number of rotatable bonds is 2. The van der Waals surface area contributed by atoms with Crippen LogP contribution in [0.5, 0.6) is 0 Å². The summed E-state index contributed by atoms with van der Waals surface area (Å²) in [4.78, 5) is 0. The molecule has 0 aromatic carbocycles. The average molecular weight is 204 g/mol. The van der Waals surface area contributed by atoms with E-state index < -0.39 is 0 Å². The lowest BCUT2D eigenvalue weighted by molar-refractivity contribution is 0.415. The largest absolute Gasteiger partial charge is 0.129 e. The SMILES string of the molecule is C(=CC1CCCCC1)=CC1CCCCC1. The van der Waals surface area contributed by atoms with Crippen molar-refractivity contribution in [3.05, 3.63) is 17.9 Å². The van der Waals surface area contributed by atoms with Gasteiger partial charge in [-0.1, -0.05) is 38.5 Å². The molecular weight excluding hydrogens is 180 g/mol. The maximum absolute atomic E-state index is 3.47. The summed E-state index contributed by atoms with van der Waals surface area (Å²) >= 11 is 0. The fourth-order valence-corrected chi connectivity index (χ4v) is 2.93. The van der Waals surface area contributed by atoms with Crippen LogP contribution in [0.3, 0.4) is 0 Å². The number of hydrogen-bond acceptors (Lipinski definition) is 0. The molecule has 2 saturated carbocycles. The molecule has 0 atom stereocenters. The van der Waals surface area contributed by atoms with E-state index in [1.807, 2.05) is 0 Å². The Hall–Kier alpha value is -0.480. The van der Waals surface area contributed by atoms with Crippen LogP contribution in [0.2, 0.25) is 0 Å². The van der Waals surface area contributed by atoms with E-state index in [0.717, 1.165) is 11.8 Å². The molecule has 84 valence electrons. The smallest absolute Gasteiger partial charge is 0.0158 e. The van der Waals surface area contributed by atoms with Gasteiger partial charge in [0.2, 0.25) is 0 Å². The molecule has 0 heteroatoms. The Morgan fingerprint density at radius 1 is 0.600 bits per heavy atom. The Morgan fingerprint density at radius 3 is 1.40 bits per heavy atom. The molecule has 0 saturated heterocycles. The topological polar surface area (TPSA) is 0 Å². The fraction of sp³-hybridized carbons (Fsp3) is 0.800. The van der Waals surface area contributed by atoms with E-state index in [9.17, 15) is 0 Å². The van der Waals surface area contributed by atoms with Gasteiger partial charge in [0.1, 0.15) is 0 Å². The summed E-state index contributed by atoms with van der Waals surface area (Å²) in [6, 6.07) is 0. The van der Waals surface area contributed by atoms with Crippen LogP contribution in [0.25, 0.3) is 0 Å². The number of hydrogen-bond donors (Lipinski definition) is 0. The molecule has 15 heavy (non-hydrogen) atoms. The first-order valence-corrected chi connectivity index (χ1v) is 6.88. The van der Waals surface area contributed by atoms with Gasteiger partial charge in [0.25, 0.3) is 0 Å². The van der Waals surface area contributed by atoms with Crippen molar-refractivity contribution in [2.24, 2.45) is 11.8 Å². The second-order valence-electron chi connectivity index (χ2n) is 5.30. The molecule has 0 bridgehead atoms. The Bertz CT molecular complexity index is 198. The number of allylic oxidation sites excluding steroid dienone is 1. The Balaban J connectivity index is 1.77. The van der Waals surface area contributed by atoms with E-state index in [0.29, 0.717) is 0 Å². The van der Waals surface area contributed by atoms with Gasteiger partial charge < -0.3 is 0 Å². The summed E-state index contributed by atoms with van der Waals surface area (Å²) < 4.78 is 0. The van der Waals surface area contributed by atoms with Crippen molar-refractivity contribution in [1.29, 1.82) is 0 Å². The summed E-state index contributed by atoms with van der Waals surface area (Å²) in [5.74, 6) is 1.69. The third-order valence-electron chi connectivity index (χ3n) is 3.96. The molecule has 0 amide bonds. The molecule has 0 aromatic heterocycles. The lowest BCUT2D eigenvalue weighted by atomic mass is 9.88. The van der Waals surface area contributed by atoms with Crippen molar-refractivity contribution >= 4 is 0 Å². The molecule has 0 nitrogen and oxygen atoms in total. The zero-order valence-electron chi connectivity index (χ0n) is 9.88. The second kappa shape index (κ2) is 6.18. The minimum absolute atomic E-state index is 0.846. The molecule has 0 N–H and O–H groups in total. The fourth-order valence-electron chi connectivity index (χ4n) is 2.93. The minimum Gasteiger partial charge on any atom is -0.129 e. The predicted molar refractivity (Wildman–Crippen MR) is 65.8 cm³/mol. The van der Waals surface area contributed by atoms with Gasteiger partial charge in [0.05, 0.1) is 0 Å². The van der Waals surface area contributed by atoms with E-state index in [1.54, 1.807) is 0 Å². The van der Waals surface area contributed by atoms with Crippen LogP contribution in [0.4, 0.5) is 0 Å². The predicted octanol–water partition coefficient (Wildman–Crippen LogP) is 4.86. The van der Waals surface area contributed by atoms with Crippen LogP contribution in [-0.2, 0) is 0 Å². The first-order valence-electron chi connectivity index (χ1n) is 6.88. The molecule has 2 rings (SSSR count). The van der Waals surface area contributed by atoms with Gasteiger partial charge in [-0.3, -0.25) is 0 Å². The van der Waals surface area contributed by atoms with Gasteiger partial charge in [0.15, 0.2) is 0 Å². The van der Waals surface area contributed by atoms with Gasteiger partial charge in [-0.25, -0.2) is 0 Å². The molecular formula is C15H24. The zero-order chi connectivity index (χ0) is 10.3. The van der Waals surface area contributed by atoms with Crippen molar-refractivity contribution in [3.8, 4) is 0 Å². The van der Waals surface area contributed by atoms with Crippen molar-refractivity contribution < 1.29 is 0 Å². The molecule has 0 aromatic rings. The van der Waals surface area contributed by atoms with Gasteiger partial charge in [-0.2, -0.15) is 0 Å². The summed E-state index contributed by atoms with van der Waals surface area (Å²) in [7, 11) is 0. The Kier molecular flexibility index (Phi) is 4.54. The first kappa shape index (κ1) is 11.0. The average Bonchev–Trinajstić information content (AvgIpc) is 2.32. The van der Waals surface area contributed by atoms with Gasteiger partial charge in [-0.15, -0.1) is 5.73 Å². The van der Waals surface area contributed by atoms with Crippen molar-refractivity contribution in [2.75, 3.05) is 0 Å². The zero-order valence-corrected chi connectivity index (χ0v) is 9.88. The van der Waals surface area contributed by atoms with Crippen molar-refractivity contribution in [3.63, 3.8) is 0 Å². The van der Waals surface area contributed by atoms with Crippen LogP contribution >= 0.6 is 0 Å². The molecule has 2 aliphatic carbocycles. The maximum Gasteiger partial charge on any atom is -0.0158 e. The summed E-state index contributed by atoms with van der Waals surface area (Å²) in [6.45, 7) is 0. The standard InChI is InChI=1S/C15H24/c1-3-8-14(9-4-1)12-7-13-15-10-5-2-6-11-15/h12-15H,1-6,8-11H2. The summed E-state index contributed by atoms with van der Waals surface area (Å²) in [5.41, 5.74) is 3.47. The first-order chi connectivity index (χ1) is 7.45. The molecule has 0 radical (unpaired) electrons. The lowest BCUT2D eigenvalue weighted by Crippen LogP contribution is -2.03. The van der Waals surface area contributed by atoms with Crippen LogP contribution in [-0.4, -0.2) is 0 Å². The minimum atomic E-state index is 0.846. The van der Waals surface area contributed by atoms with E-state index >= 15 is 0 Å². The maximum atomic E-state index is 3.47. The van der Waals surface area contributed by atoms with Crippen LogP contribution in [0.15, 0.2) is 17.9 Å². The van der Waals surface area contributed by atoms with Crippen molar-refractivity contribution in [2.45, 2.75) is 64.2 Å². The van der Waals surface area contributed by atoms with Crippen LogP contribution < -0.4 is 0 Å². The highest BCUT2D eigenvalue weighted by molar-refractivity contribution is 4.94. The van der Waals surface area contributed by atoms with E-state index in [2.05, 4.69) is 17.9 Å². The molecule has 0 spiro atoms. The van der Waals surface area contributed by atoms with Gasteiger partial charge in [-0.05, 0) is 49.7 Å². The molecule has 0 aliphatic heterocycles. The Labute approximate surface area is 94.5 Å². The highest BCUT2D eigenvalue weighted by Gasteiger charge is 2.11. The van der Waals surface area contributed by atoms with Gasteiger partial charge in [0, 0.05) is 0 Å².